The molecule has 3 rings (SSSR count). The van der Waals surface area contributed by atoms with Gasteiger partial charge in [0.25, 0.3) is 0 Å². The van der Waals surface area contributed by atoms with Crippen LogP contribution in [-0.4, -0.2) is 21.6 Å². The minimum Gasteiger partial charge on any atom is -0.467 e. The van der Waals surface area contributed by atoms with Crippen molar-refractivity contribution in [1.29, 1.82) is 0 Å². The minimum absolute atomic E-state index is 0.0577. The number of anilines is 1. The molecule has 124 valence electrons. The van der Waals surface area contributed by atoms with Crippen molar-refractivity contribution in [2.24, 2.45) is 0 Å². The summed E-state index contributed by atoms with van der Waals surface area (Å²) in [5, 5.41) is 3.73. The highest BCUT2D eigenvalue weighted by Gasteiger charge is 2.12. The van der Waals surface area contributed by atoms with Gasteiger partial charge in [0, 0.05) is 5.39 Å². The van der Waals surface area contributed by atoms with E-state index in [1.165, 1.54) is 11.8 Å². The lowest BCUT2D eigenvalue weighted by Crippen LogP contribution is -2.28. The van der Waals surface area contributed by atoms with Crippen molar-refractivity contribution >= 4 is 34.4 Å². The summed E-state index contributed by atoms with van der Waals surface area (Å²) < 4.78 is 5.27. The first kappa shape index (κ1) is 16.3. The van der Waals surface area contributed by atoms with Gasteiger partial charge in [-0.05, 0) is 31.2 Å². The lowest BCUT2D eigenvalue weighted by Gasteiger charge is -2.11. The lowest BCUT2D eigenvalue weighted by molar-refractivity contribution is -0.119. The Morgan fingerprint density at radius 1 is 1.29 bits per heavy atom. The molecule has 0 aliphatic rings. The number of carbonyl (C=O) groups is 1. The van der Waals surface area contributed by atoms with Gasteiger partial charge in [-0.2, -0.15) is 0 Å². The predicted octanol–water partition coefficient (Wildman–Crippen LogP) is 2.92. The topological polar surface area (TPSA) is 94.0 Å². The number of amides is 1. The van der Waals surface area contributed by atoms with E-state index in [0.717, 1.165) is 16.7 Å². The van der Waals surface area contributed by atoms with E-state index in [2.05, 4.69) is 15.3 Å². The van der Waals surface area contributed by atoms with Gasteiger partial charge in [-0.1, -0.05) is 12.1 Å². The van der Waals surface area contributed by atoms with Crippen LogP contribution in [0.5, 0.6) is 0 Å². The van der Waals surface area contributed by atoms with Crippen LogP contribution in [-0.2, 0) is 10.5 Å². The van der Waals surface area contributed by atoms with Crippen molar-refractivity contribution in [3.05, 3.63) is 54.2 Å². The summed E-state index contributed by atoms with van der Waals surface area (Å²) in [4.78, 5) is 20.8. The van der Waals surface area contributed by atoms with Gasteiger partial charge < -0.3 is 15.5 Å². The quantitative estimate of drug-likeness (QED) is 0.715. The van der Waals surface area contributed by atoms with E-state index in [0.29, 0.717) is 23.1 Å². The number of nitrogens with zero attached hydrogens (tertiary/aromatic N) is 2. The molecule has 0 aliphatic heterocycles. The van der Waals surface area contributed by atoms with E-state index in [1.54, 1.807) is 12.3 Å². The van der Waals surface area contributed by atoms with Crippen LogP contribution in [0.15, 0.2) is 47.1 Å². The third-order valence-corrected chi connectivity index (χ3v) is 4.42. The maximum Gasteiger partial charge on any atom is 0.230 e. The third-order valence-electron chi connectivity index (χ3n) is 3.49. The van der Waals surface area contributed by atoms with Gasteiger partial charge in [-0.3, -0.25) is 4.79 Å². The summed E-state index contributed by atoms with van der Waals surface area (Å²) in [6, 6.07) is 11.1. The number of hydrogen-bond donors (Lipinski definition) is 2. The first-order valence-electron chi connectivity index (χ1n) is 7.55. The fourth-order valence-electron chi connectivity index (χ4n) is 2.34. The van der Waals surface area contributed by atoms with Crippen LogP contribution in [0.4, 0.5) is 5.82 Å². The molecule has 3 aromatic rings. The Kier molecular flexibility index (Phi) is 5.00. The monoisotopic (exact) mass is 342 g/mol. The molecule has 0 bridgehead atoms. The second-order valence-corrected chi connectivity index (χ2v) is 6.33. The molecule has 1 amide bonds. The smallest absolute Gasteiger partial charge is 0.230 e. The van der Waals surface area contributed by atoms with Crippen LogP contribution in [0.25, 0.3) is 10.9 Å². The molecule has 0 unspecified atom stereocenters. The van der Waals surface area contributed by atoms with E-state index in [1.807, 2.05) is 37.3 Å². The standard InChI is InChI=1S/C17H18N4O2S/c1-11(14-7-4-8-23-14)19-16(22)10-24-9-15-20-13-6-3-2-5-12(13)17(18)21-15/h2-8,11H,9-10H2,1H3,(H,19,22)(H2,18,20,21)/t11-/m0/s1. The van der Waals surface area contributed by atoms with Gasteiger partial charge in [0.15, 0.2) is 0 Å². The first-order chi connectivity index (χ1) is 11.6. The van der Waals surface area contributed by atoms with E-state index in [9.17, 15) is 4.79 Å². The molecule has 1 aromatic carbocycles. The van der Waals surface area contributed by atoms with Gasteiger partial charge in [0.1, 0.15) is 17.4 Å². The van der Waals surface area contributed by atoms with Gasteiger partial charge in [0.2, 0.25) is 5.91 Å². The molecule has 6 nitrogen and oxygen atoms in total. The van der Waals surface area contributed by atoms with Crippen molar-refractivity contribution in [3.8, 4) is 0 Å². The van der Waals surface area contributed by atoms with Crippen LogP contribution in [0.3, 0.4) is 0 Å². The van der Waals surface area contributed by atoms with E-state index in [4.69, 9.17) is 10.2 Å². The summed E-state index contributed by atoms with van der Waals surface area (Å²) >= 11 is 1.45. The van der Waals surface area contributed by atoms with Gasteiger partial charge in [0.05, 0.1) is 29.3 Å². The molecule has 7 heteroatoms. The van der Waals surface area contributed by atoms with Crippen LogP contribution in [0.1, 0.15) is 24.6 Å². The number of hydrogen-bond acceptors (Lipinski definition) is 6. The van der Waals surface area contributed by atoms with Crippen LogP contribution in [0.2, 0.25) is 0 Å². The summed E-state index contributed by atoms with van der Waals surface area (Å²) in [5.74, 6) is 2.62. The second kappa shape index (κ2) is 7.35. The molecule has 3 N–H and O–H groups in total. The Morgan fingerprint density at radius 2 is 2.12 bits per heavy atom. The van der Waals surface area contributed by atoms with Crippen molar-refractivity contribution in [2.45, 2.75) is 18.7 Å². The maximum atomic E-state index is 12.0. The molecule has 0 spiro atoms. The number of benzene rings is 1. The second-order valence-electron chi connectivity index (χ2n) is 5.34. The molecule has 1 atom stereocenters. The van der Waals surface area contributed by atoms with Gasteiger partial charge in [-0.25, -0.2) is 9.97 Å². The SMILES string of the molecule is C[C@H](NC(=O)CSCc1nc(N)c2ccccc2n1)c1ccco1. The highest BCUT2D eigenvalue weighted by molar-refractivity contribution is 7.99. The van der Waals surface area contributed by atoms with E-state index in [-0.39, 0.29) is 11.9 Å². The number of nitrogens with two attached hydrogens (primary N) is 1. The molecule has 2 aromatic heterocycles. The van der Waals surface area contributed by atoms with Crippen molar-refractivity contribution < 1.29 is 9.21 Å². The number of fused-ring (bicyclic) bond motifs is 1. The summed E-state index contributed by atoms with van der Waals surface area (Å²) in [6.07, 6.45) is 1.59. The zero-order chi connectivity index (χ0) is 16.9. The average molecular weight is 342 g/mol. The zero-order valence-corrected chi connectivity index (χ0v) is 14.0. The molecule has 0 fully saturated rings. The Morgan fingerprint density at radius 3 is 2.92 bits per heavy atom. The van der Waals surface area contributed by atoms with Crippen molar-refractivity contribution in [1.82, 2.24) is 15.3 Å². The zero-order valence-electron chi connectivity index (χ0n) is 13.2. The average Bonchev–Trinajstić information content (AvgIpc) is 3.09. The molecule has 0 saturated carbocycles. The van der Waals surface area contributed by atoms with Crippen LogP contribution >= 0.6 is 11.8 Å². The molecule has 0 saturated heterocycles. The summed E-state index contributed by atoms with van der Waals surface area (Å²) in [5.41, 5.74) is 6.77. The number of nitrogens with one attached hydrogen (secondary N) is 1. The largest absolute Gasteiger partial charge is 0.467 e. The summed E-state index contributed by atoms with van der Waals surface area (Å²) in [7, 11) is 0. The molecule has 0 radical (unpaired) electrons. The maximum absolute atomic E-state index is 12.0. The van der Waals surface area contributed by atoms with Crippen molar-refractivity contribution in [2.75, 3.05) is 11.5 Å². The highest BCUT2D eigenvalue weighted by Crippen LogP contribution is 2.19. The lowest BCUT2D eigenvalue weighted by atomic mass is 10.2. The molecular formula is C17H18N4O2S. The molecule has 24 heavy (non-hydrogen) atoms. The minimum atomic E-state index is -0.152. The van der Waals surface area contributed by atoms with E-state index < -0.39 is 0 Å². The number of furan rings is 1. The predicted molar refractivity (Wildman–Crippen MR) is 95.4 cm³/mol. The third kappa shape index (κ3) is 3.86. The van der Waals surface area contributed by atoms with E-state index >= 15 is 0 Å². The van der Waals surface area contributed by atoms with Crippen LogP contribution < -0.4 is 11.1 Å². The normalized spacial score (nSPS) is 12.2. The number of nitrogen functional groups attached to an aromatic ring is 1. The molecule has 0 aliphatic carbocycles. The highest BCUT2D eigenvalue weighted by atomic mass is 32.2. The Balaban J connectivity index is 1.53. The Labute approximate surface area is 143 Å². The molecular weight excluding hydrogens is 324 g/mol. The Bertz CT molecular complexity index is 836. The fourth-order valence-corrected chi connectivity index (χ4v) is 3.03. The number of para-hydroxylation sites is 1. The number of aromatic nitrogens is 2. The summed E-state index contributed by atoms with van der Waals surface area (Å²) in [6.45, 7) is 1.88. The first-order valence-corrected chi connectivity index (χ1v) is 8.70. The number of rotatable bonds is 6. The Hall–Kier alpha value is -2.54. The van der Waals surface area contributed by atoms with Gasteiger partial charge in [-0.15, -0.1) is 11.8 Å². The fraction of sp³-hybridized carbons (Fsp3) is 0.235. The number of thioether (sulfide) groups is 1. The number of carbonyl (C=O) groups excluding carboxylic acids is 1. The van der Waals surface area contributed by atoms with Crippen LogP contribution in [0, 0.1) is 0 Å². The van der Waals surface area contributed by atoms with Crippen molar-refractivity contribution in [3.63, 3.8) is 0 Å². The van der Waals surface area contributed by atoms with Gasteiger partial charge >= 0.3 is 0 Å². The molecule has 2 heterocycles.